The lowest BCUT2D eigenvalue weighted by atomic mass is 10.2. The molecule has 0 N–H and O–H groups in total. The molecule has 1 aliphatic rings. The van der Waals surface area contributed by atoms with Crippen molar-refractivity contribution < 1.29 is 4.24 Å². The Kier molecular flexibility index (Phi) is 5.54. The second-order valence-corrected chi connectivity index (χ2v) is 6.60. The van der Waals surface area contributed by atoms with E-state index >= 15 is 0 Å². The minimum absolute atomic E-state index is 0.135. The van der Waals surface area contributed by atoms with Gasteiger partial charge in [-0.1, -0.05) is 26.7 Å². The highest BCUT2D eigenvalue weighted by molar-refractivity contribution is 6.27. The third kappa shape index (κ3) is 3.42. The minimum Gasteiger partial charge on any atom is -0.302 e. The maximum absolute atomic E-state index is 2.74. The van der Waals surface area contributed by atoms with Crippen molar-refractivity contribution in [2.24, 2.45) is 0 Å². The van der Waals surface area contributed by atoms with Gasteiger partial charge in [-0.25, -0.2) is 0 Å². The molecule has 3 heteroatoms. The number of nitrogens with zero attached hydrogens (tertiary/aromatic N) is 2. The first kappa shape index (κ1) is 12.9. The van der Waals surface area contributed by atoms with Crippen LogP contribution in [0, 0.1) is 0 Å². The van der Waals surface area contributed by atoms with Crippen molar-refractivity contribution in [3.05, 3.63) is 0 Å². The lowest BCUT2D eigenvalue weighted by molar-refractivity contribution is -0.383. The molecule has 0 saturated carbocycles. The fourth-order valence-corrected chi connectivity index (χ4v) is 4.37. The Balaban J connectivity index is 2.45. The molecule has 1 atom stereocenters. The van der Waals surface area contributed by atoms with E-state index in [1.807, 2.05) is 0 Å². The van der Waals surface area contributed by atoms with Crippen LogP contribution in [0.5, 0.6) is 0 Å². The lowest BCUT2D eigenvalue weighted by Gasteiger charge is -2.15. The van der Waals surface area contributed by atoms with Crippen molar-refractivity contribution in [2.75, 3.05) is 13.1 Å². The van der Waals surface area contributed by atoms with Crippen LogP contribution in [0.4, 0.5) is 0 Å². The van der Waals surface area contributed by atoms with Gasteiger partial charge in [0.15, 0.2) is 0 Å². The van der Waals surface area contributed by atoms with Gasteiger partial charge in [0.2, 0.25) is 0 Å². The Bertz CT molecular complexity index is 226. The predicted molar refractivity (Wildman–Crippen MR) is 70.3 cm³/mol. The number of hydrogen-bond acceptors (Lipinski definition) is 1. The maximum atomic E-state index is 2.74. The molecule has 0 aromatic rings. The smallest absolute Gasteiger partial charge is 0.302 e. The summed E-state index contributed by atoms with van der Waals surface area (Å²) in [5.41, 5.74) is 1.63. The molecule has 0 fully saturated rings. The highest BCUT2D eigenvalue weighted by Gasteiger charge is 2.33. The van der Waals surface area contributed by atoms with Crippen molar-refractivity contribution in [1.82, 2.24) is 4.57 Å². The summed E-state index contributed by atoms with van der Waals surface area (Å²) in [5.74, 6) is 0. The molecule has 1 rings (SSSR count). The highest BCUT2D eigenvalue weighted by Crippen LogP contribution is 2.10. The number of hydrogen-bond donors (Lipinski definition) is 0. The van der Waals surface area contributed by atoms with E-state index in [1.54, 1.807) is 5.71 Å². The zero-order chi connectivity index (χ0) is 11.3. The largest absolute Gasteiger partial charge is 0.413 e. The lowest BCUT2D eigenvalue weighted by Crippen LogP contribution is -2.35. The van der Waals surface area contributed by atoms with Crippen LogP contribution in [0.2, 0.25) is 0 Å². The quantitative estimate of drug-likeness (QED) is 0.627. The third-order valence-electron chi connectivity index (χ3n) is 3.58. The third-order valence-corrected chi connectivity index (χ3v) is 5.97. The van der Waals surface area contributed by atoms with Gasteiger partial charge in [-0.3, -0.25) is 4.57 Å². The summed E-state index contributed by atoms with van der Waals surface area (Å²) < 4.78 is 5.44. The Hall–Kier alpha value is -0.153. The molecular weight excluding hydrogens is 200 g/mol. The van der Waals surface area contributed by atoms with E-state index in [9.17, 15) is 0 Å². The molecular formula is C12H27N2Si+. The average Bonchev–Trinajstić information content (AvgIpc) is 2.51. The van der Waals surface area contributed by atoms with Crippen molar-refractivity contribution in [3.8, 4) is 0 Å². The molecule has 1 heterocycles. The SMILES string of the molecule is CCCCN1[SiH2][N+](CCCC)=C(C)C1C. The molecule has 0 aliphatic carbocycles. The summed E-state index contributed by atoms with van der Waals surface area (Å²) >= 11 is 0. The second-order valence-electron chi connectivity index (χ2n) is 4.74. The van der Waals surface area contributed by atoms with Gasteiger partial charge in [-0.05, 0) is 19.9 Å². The number of rotatable bonds is 6. The Morgan fingerprint density at radius 3 is 2.53 bits per heavy atom. The van der Waals surface area contributed by atoms with Crippen LogP contribution < -0.4 is 0 Å². The summed E-state index contributed by atoms with van der Waals surface area (Å²) in [4.78, 5) is 0. The van der Waals surface area contributed by atoms with E-state index in [4.69, 9.17) is 0 Å². The van der Waals surface area contributed by atoms with Gasteiger partial charge in [-0.15, -0.1) is 0 Å². The van der Waals surface area contributed by atoms with E-state index in [0.717, 1.165) is 6.04 Å². The molecule has 1 aliphatic heterocycles. The Morgan fingerprint density at radius 1 is 1.27 bits per heavy atom. The maximum Gasteiger partial charge on any atom is 0.413 e. The van der Waals surface area contributed by atoms with Gasteiger partial charge in [0.1, 0.15) is 12.3 Å². The molecule has 0 saturated heterocycles. The monoisotopic (exact) mass is 227 g/mol. The van der Waals surface area contributed by atoms with Gasteiger partial charge in [0.05, 0.1) is 6.04 Å². The number of unbranched alkanes of at least 4 members (excludes halogenated alkanes) is 2. The van der Waals surface area contributed by atoms with E-state index in [0.29, 0.717) is 0 Å². The van der Waals surface area contributed by atoms with Crippen molar-refractivity contribution in [2.45, 2.75) is 59.4 Å². The van der Waals surface area contributed by atoms with Crippen LogP contribution in [0.1, 0.15) is 53.4 Å². The Labute approximate surface area is 97.3 Å². The first-order valence-corrected chi connectivity index (χ1v) is 7.79. The van der Waals surface area contributed by atoms with Crippen LogP contribution in [-0.2, 0) is 0 Å². The van der Waals surface area contributed by atoms with Crippen molar-refractivity contribution in [3.63, 3.8) is 0 Å². The molecule has 0 aromatic heterocycles. The van der Waals surface area contributed by atoms with E-state index < -0.39 is 0 Å². The molecule has 88 valence electrons. The zero-order valence-electron chi connectivity index (χ0n) is 10.9. The fourth-order valence-electron chi connectivity index (χ4n) is 2.20. The standard InChI is InChI=1S/C12H27N2Si/c1-5-7-9-13-11(3)12(4)14(15-13)10-8-6-2/h11H,5-10,15H2,1-4H3/q+1. The molecule has 0 aromatic carbocycles. The van der Waals surface area contributed by atoms with Crippen molar-refractivity contribution in [1.29, 1.82) is 0 Å². The second kappa shape index (κ2) is 6.43. The van der Waals surface area contributed by atoms with Gasteiger partial charge in [-0.2, -0.15) is 0 Å². The first-order chi connectivity index (χ1) is 7.20. The molecule has 0 spiro atoms. The summed E-state index contributed by atoms with van der Waals surface area (Å²) in [7, 11) is -0.135. The molecule has 1 unspecified atom stereocenters. The summed E-state index contributed by atoms with van der Waals surface area (Å²) in [6.45, 7) is 11.9. The van der Waals surface area contributed by atoms with Crippen LogP contribution in [0.25, 0.3) is 0 Å². The summed E-state index contributed by atoms with van der Waals surface area (Å²) in [5, 5.41) is 0. The van der Waals surface area contributed by atoms with Gasteiger partial charge < -0.3 is 4.24 Å². The topological polar surface area (TPSA) is 6.25 Å². The fraction of sp³-hybridized carbons (Fsp3) is 0.917. The van der Waals surface area contributed by atoms with E-state index in [2.05, 4.69) is 36.5 Å². The molecule has 15 heavy (non-hydrogen) atoms. The van der Waals surface area contributed by atoms with Gasteiger partial charge in [0.25, 0.3) is 0 Å². The molecule has 0 radical (unpaired) electrons. The van der Waals surface area contributed by atoms with Crippen LogP contribution in [-0.4, -0.2) is 43.5 Å². The summed E-state index contributed by atoms with van der Waals surface area (Å²) in [6.07, 6.45) is 5.37. The summed E-state index contributed by atoms with van der Waals surface area (Å²) in [6, 6.07) is 0.722. The minimum atomic E-state index is -0.135. The molecule has 0 bridgehead atoms. The average molecular weight is 227 g/mol. The van der Waals surface area contributed by atoms with Crippen LogP contribution in [0.15, 0.2) is 0 Å². The van der Waals surface area contributed by atoms with Gasteiger partial charge >= 0.3 is 9.84 Å². The van der Waals surface area contributed by atoms with E-state index in [-0.39, 0.29) is 9.84 Å². The normalized spacial score (nSPS) is 24.4. The highest BCUT2D eigenvalue weighted by atomic mass is 28.2. The predicted octanol–water partition coefficient (Wildman–Crippen LogP) is 1.76. The molecule has 0 amide bonds. The van der Waals surface area contributed by atoms with E-state index in [1.165, 1.54) is 38.8 Å². The zero-order valence-corrected chi connectivity index (χ0v) is 12.3. The molecule has 2 nitrogen and oxygen atoms in total. The van der Waals surface area contributed by atoms with Crippen molar-refractivity contribution >= 4 is 15.6 Å². The Morgan fingerprint density at radius 2 is 1.93 bits per heavy atom. The van der Waals surface area contributed by atoms with Gasteiger partial charge in [0, 0.05) is 13.3 Å². The van der Waals surface area contributed by atoms with Crippen LogP contribution >= 0.6 is 0 Å². The first-order valence-electron chi connectivity index (χ1n) is 6.53. The van der Waals surface area contributed by atoms with Crippen LogP contribution in [0.3, 0.4) is 0 Å².